The zero-order valence-electron chi connectivity index (χ0n) is 20.2. The van der Waals surface area contributed by atoms with Crippen molar-refractivity contribution in [2.45, 2.75) is 6.42 Å². The lowest BCUT2D eigenvalue weighted by Crippen LogP contribution is -2.11. The lowest BCUT2D eigenvalue weighted by atomic mass is 9.90. The van der Waals surface area contributed by atoms with Crippen molar-refractivity contribution in [1.82, 2.24) is 0 Å². The van der Waals surface area contributed by atoms with Gasteiger partial charge >= 0.3 is 5.97 Å². The van der Waals surface area contributed by atoms with Gasteiger partial charge in [-0.05, 0) is 51.7 Å². The maximum Gasteiger partial charge on any atom is 0.307 e. The summed E-state index contributed by atoms with van der Waals surface area (Å²) in [7, 11) is 0. The SMILES string of the molecule is O=C(O)Cc1ccc(N(c2ccccc2)c2c3ccccc3c(-c3ccccc3)c3ccccc23)cc1. The Morgan fingerprint density at radius 2 is 1.00 bits per heavy atom. The van der Waals surface area contributed by atoms with Gasteiger partial charge in [-0.1, -0.05) is 109 Å². The number of nitrogens with zero attached hydrogens (tertiary/aromatic N) is 1. The number of rotatable bonds is 6. The van der Waals surface area contributed by atoms with E-state index in [9.17, 15) is 9.90 Å². The van der Waals surface area contributed by atoms with E-state index in [0.29, 0.717) is 0 Å². The lowest BCUT2D eigenvalue weighted by Gasteiger charge is -2.29. The minimum Gasteiger partial charge on any atom is -0.481 e. The first-order valence-electron chi connectivity index (χ1n) is 12.4. The molecule has 0 fully saturated rings. The second-order valence-electron chi connectivity index (χ2n) is 9.09. The molecule has 0 bridgehead atoms. The van der Waals surface area contributed by atoms with Crippen molar-refractivity contribution in [3.05, 3.63) is 139 Å². The van der Waals surface area contributed by atoms with Crippen LogP contribution in [0.5, 0.6) is 0 Å². The molecule has 3 nitrogen and oxygen atoms in total. The monoisotopic (exact) mass is 479 g/mol. The van der Waals surface area contributed by atoms with Gasteiger partial charge in [0.05, 0.1) is 12.1 Å². The van der Waals surface area contributed by atoms with Crippen LogP contribution >= 0.6 is 0 Å². The van der Waals surface area contributed by atoms with Gasteiger partial charge in [-0.3, -0.25) is 4.79 Å². The molecule has 0 aliphatic carbocycles. The molecule has 178 valence electrons. The van der Waals surface area contributed by atoms with E-state index in [-0.39, 0.29) is 6.42 Å². The molecular weight excluding hydrogens is 454 g/mol. The number of hydrogen-bond donors (Lipinski definition) is 1. The maximum absolute atomic E-state index is 11.3. The number of para-hydroxylation sites is 1. The highest BCUT2D eigenvalue weighted by Crippen LogP contribution is 2.47. The second kappa shape index (κ2) is 9.63. The predicted molar refractivity (Wildman–Crippen MR) is 153 cm³/mol. The van der Waals surface area contributed by atoms with Crippen LogP contribution in [-0.2, 0) is 11.2 Å². The van der Waals surface area contributed by atoms with Gasteiger partial charge in [0.25, 0.3) is 0 Å². The minimum absolute atomic E-state index is 0.00323. The fourth-order valence-electron chi connectivity index (χ4n) is 5.18. The highest BCUT2D eigenvalue weighted by molar-refractivity contribution is 6.22. The first-order valence-corrected chi connectivity index (χ1v) is 12.4. The van der Waals surface area contributed by atoms with Crippen LogP contribution in [0.4, 0.5) is 17.1 Å². The summed E-state index contributed by atoms with van der Waals surface area (Å²) in [5.74, 6) is -0.832. The molecule has 0 spiro atoms. The zero-order valence-corrected chi connectivity index (χ0v) is 20.2. The maximum atomic E-state index is 11.3. The molecule has 0 aliphatic rings. The molecule has 6 rings (SSSR count). The van der Waals surface area contributed by atoms with E-state index < -0.39 is 5.97 Å². The van der Waals surface area contributed by atoms with Gasteiger partial charge in [0.2, 0.25) is 0 Å². The van der Waals surface area contributed by atoms with Crippen LogP contribution in [-0.4, -0.2) is 11.1 Å². The standard InChI is InChI=1S/C34H25NO2/c36-32(37)23-24-19-21-27(22-20-24)35(26-13-5-2-6-14-26)34-30-17-9-7-15-28(30)33(25-11-3-1-4-12-25)29-16-8-10-18-31(29)34/h1-22H,23H2,(H,36,37). The van der Waals surface area contributed by atoms with E-state index in [1.165, 1.54) is 21.9 Å². The van der Waals surface area contributed by atoms with Gasteiger partial charge in [0.15, 0.2) is 0 Å². The Kier molecular flexibility index (Phi) is 5.88. The molecule has 0 atom stereocenters. The van der Waals surface area contributed by atoms with E-state index in [1.54, 1.807) is 0 Å². The number of fused-ring (bicyclic) bond motifs is 2. The number of carbonyl (C=O) groups is 1. The molecule has 0 saturated carbocycles. The molecule has 37 heavy (non-hydrogen) atoms. The quantitative estimate of drug-likeness (QED) is 0.243. The van der Waals surface area contributed by atoms with Crippen molar-refractivity contribution in [1.29, 1.82) is 0 Å². The lowest BCUT2D eigenvalue weighted by molar-refractivity contribution is -0.136. The third kappa shape index (κ3) is 4.21. The summed E-state index contributed by atoms with van der Waals surface area (Å²) in [6.07, 6.45) is 0.00323. The van der Waals surface area contributed by atoms with Crippen LogP contribution in [0.3, 0.4) is 0 Å². The van der Waals surface area contributed by atoms with Crippen molar-refractivity contribution in [3.8, 4) is 11.1 Å². The zero-order chi connectivity index (χ0) is 25.2. The van der Waals surface area contributed by atoms with Gasteiger partial charge < -0.3 is 10.0 Å². The molecule has 0 heterocycles. The Bertz CT molecular complexity index is 1650. The first kappa shape index (κ1) is 22.6. The normalized spacial score (nSPS) is 11.0. The minimum atomic E-state index is -0.832. The van der Waals surface area contributed by atoms with Crippen LogP contribution in [0, 0.1) is 0 Å². The molecule has 0 amide bonds. The number of anilines is 3. The number of aliphatic carboxylic acids is 1. The molecule has 0 radical (unpaired) electrons. The number of hydrogen-bond acceptors (Lipinski definition) is 2. The average molecular weight is 480 g/mol. The highest BCUT2D eigenvalue weighted by Gasteiger charge is 2.21. The van der Waals surface area contributed by atoms with Crippen molar-refractivity contribution < 1.29 is 9.90 Å². The Morgan fingerprint density at radius 1 is 0.541 bits per heavy atom. The summed E-state index contributed by atoms with van der Waals surface area (Å²) >= 11 is 0. The smallest absolute Gasteiger partial charge is 0.307 e. The van der Waals surface area contributed by atoms with Gasteiger partial charge in [-0.25, -0.2) is 0 Å². The summed E-state index contributed by atoms with van der Waals surface area (Å²) in [6.45, 7) is 0. The molecule has 0 unspecified atom stereocenters. The third-order valence-electron chi connectivity index (χ3n) is 6.75. The van der Waals surface area contributed by atoms with Gasteiger partial charge in [-0.2, -0.15) is 0 Å². The van der Waals surface area contributed by atoms with Gasteiger partial charge in [-0.15, -0.1) is 0 Å². The topological polar surface area (TPSA) is 40.5 Å². The fourth-order valence-corrected chi connectivity index (χ4v) is 5.18. The van der Waals surface area contributed by atoms with Crippen molar-refractivity contribution in [2.75, 3.05) is 4.90 Å². The summed E-state index contributed by atoms with van der Waals surface area (Å²) in [5, 5.41) is 13.9. The van der Waals surface area contributed by atoms with E-state index >= 15 is 0 Å². The largest absolute Gasteiger partial charge is 0.481 e. The molecule has 0 saturated heterocycles. The Balaban J connectivity index is 1.69. The van der Waals surface area contributed by atoms with E-state index in [0.717, 1.165) is 33.4 Å². The highest BCUT2D eigenvalue weighted by atomic mass is 16.4. The molecule has 1 N–H and O–H groups in total. The van der Waals surface area contributed by atoms with Crippen LogP contribution < -0.4 is 4.90 Å². The average Bonchev–Trinajstić information content (AvgIpc) is 2.94. The molecular formula is C34H25NO2. The third-order valence-corrected chi connectivity index (χ3v) is 6.75. The van der Waals surface area contributed by atoms with E-state index in [1.807, 2.05) is 48.5 Å². The van der Waals surface area contributed by atoms with Crippen LogP contribution in [0.2, 0.25) is 0 Å². The summed E-state index contributed by atoms with van der Waals surface area (Å²) in [4.78, 5) is 13.5. The van der Waals surface area contributed by atoms with Crippen LogP contribution in [0.15, 0.2) is 133 Å². The molecule has 3 heteroatoms. The molecule has 0 aromatic heterocycles. The van der Waals surface area contributed by atoms with Crippen molar-refractivity contribution >= 4 is 44.6 Å². The fraction of sp³-hybridized carbons (Fsp3) is 0.0294. The van der Waals surface area contributed by atoms with Gasteiger partial charge in [0, 0.05) is 22.1 Å². The van der Waals surface area contributed by atoms with Crippen LogP contribution in [0.25, 0.3) is 32.7 Å². The molecule has 6 aromatic rings. The number of carboxylic acids is 1. The predicted octanol–water partition coefficient (Wildman–Crippen LogP) is 8.76. The Hall–Kier alpha value is -4.89. The molecule has 0 aliphatic heterocycles. The van der Waals surface area contributed by atoms with Crippen molar-refractivity contribution in [3.63, 3.8) is 0 Å². The van der Waals surface area contributed by atoms with Crippen LogP contribution in [0.1, 0.15) is 5.56 Å². The summed E-state index contributed by atoms with van der Waals surface area (Å²) in [6, 6.07) is 45.9. The van der Waals surface area contributed by atoms with Gasteiger partial charge in [0.1, 0.15) is 0 Å². The van der Waals surface area contributed by atoms with E-state index in [2.05, 4.69) is 89.8 Å². The van der Waals surface area contributed by atoms with E-state index in [4.69, 9.17) is 0 Å². The first-order chi connectivity index (χ1) is 18.2. The number of carboxylic acid groups (broad SMARTS) is 1. The number of benzene rings is 6. The summed E-state index contributed by atoms with van der Waals surface area (Å²) < 4.78 is 0. The second-order valence-corrected chi connectivity index (χ2v) is 9.09. The molecule has 6 aromatic carbocycles. The van der Waals surface area contributed by atoms with Crippen molar-refractivity contribution in [2.24, 2.45) is 0 Å². The Morgan fingerprint density at radius 3 is 1.54 bits per heavy atom. The summed E-state index contributed by atoms with van der Waals surface area (Å²) in [5.41, 5.74) is 6.30. The Labute approximate surface area is 215 Å².